The molecule has 1 aromatic rings. The topological polar surface area (TPSA) is 64.6 Å². The standard InChI is InChI=1S/C11H10F3NO4.C2H6/c1-18-9(16)6-15-10(17)7-2-4-8(5-3-7)19-11(12,13)14;1-2/h2-5H,6H2,1H3,(H,15,17);1-2H3. The molecule has 0 bridgehead atoms. The average molecular weight is 307 g/mol. The summed E-state index contributed by atoms with van der Waals surface area (Å²) in [4.78, 5) is 22.3. The molecule has 0 radical (unpaired) electrons. The molecule has 21 heavy (non-hydrogen) atoms. The first-order valence-electron chi connectivity index (χ1n) is 6.02. The third-order valence-electron chi connectivity index (χ3n) is 1.97. The van der Waals surface area contributed by atoms with Gasteiger partial charge in [-0.3, -0.25) is 9.59 Å². The van der Waals surface area contributed by atoms with Crippen molar-refractivity contribution in [1.29, 1.82) is 0 Å². The number of hydrogen-bond acceptors (Lipinski definition) is 4. The maximum Gasteiger partial charge on any atom is 0.573 e. The van der Waals surface area contributed by atoms with Gasteiger partial charge in [-0.15, -0.1) is 13.2 Å². The van der Waals surface area contributed by atoms with Crippen LogP contribution in [0, 0.1) is 0 Å². The molecule has 0 saturated carbocycles. The van der Waals surface area contributed by atoms with Crippen molar-refractivity contribution in [3.8, 4) is 5.75 Å². The van der Waals surface area contributed by atoms with Crippen molar-refractivity contribution in [3.63, 3.8) is 0 Å². The Balaban J connectivity index is 0.00000191. The number of methoxy groups -OCH3 is 1. The summed E-state index contributed by atoms with van der Waals surface area (Å²) in [5.41, 5.74) is 0.0958. The monoisotopic (exact) mass is 307 g/mol. The molecule has 1 N–H and O–H groups in total. The van der Waals surface area contributed by atoms with Crippen molar-refractivity contribution in [2.45, 2.75) is 20.2 Å². The van der Waals surface area contributed by atoms with Crippen LogP contribution in [-0.2, 0) is 9.53 Å². The maximum atomic E-state index is 11.9. The van der Waals surface area contributed by atoms with E-state index in [1.165, 1.54) is 0 Å². The molecule has 8 heteroatoms. The van der Waals surface area contributed by atoms with Crippen molar-refractivity contribution >= 4 is 11.9 Å². The minimum absolute atomic E-state index is 0.0958. The first kappa shape index (κ1) is 18.8. The first-order chi connectivity index (χ1) is 9.81. The van der Waals surface area contributed by atoms with E-state index in [1.54, 1.807) is 0 Å². The molecule has 0 unspecified atom stereocenters. The van der Waals surface area contributed by atoms with Gasteiger partial charge in [-0.05, 0) is 24.3 Å². The van der Waals surface area contributed by atoms with Crippen LogP contribution >= 0.6 is 0 Å². The van der Waals surface area contributed by atoms with Crippen LogP contribution in [0.5, 0.6) is 5.75 Å². The van der Waals surface area contributed by atoms with Crippen LogP contribution in [0.2, 0.25) is 0 Å². The molecule has 1 amide bonds. The lowest BCUT2D eigenvalue weighted by Gasteiger charge is -2.09. The molecule has 1 aromatic carbocycles. The quantitative estimate of drug-likeness (QED) is 0.868. The van der Waals surface area contributed by atoms with E-state index in [-0.39, 0.29) is 12.1 Å². The lowest BCUT2D eigenvalue weighted by molar-refractivity contribution is -0.274. The molecule has 0 aliphatic rings. The number of amides is 1. The molecule has 1 rings (SSSR count). The molecular weight excluding hydrogens is 291 g/mol. The number of halogens is 3. The number of carbonyl (C=O) groups is 2. The fourth-order valence-corrected chi connectivity index (χ4v) is 1.13. The second-order valence-corrected chi connectivity index (χ2v) is 3.33. The van der Waals surface area contributed by atoms with E-state index in [0.29, 0.717) is 0 Å². The molecular formula is C13H16F3NO4. The van der Waals surface area contributed by atoms with Crippen LogP contribution in [0.15, 0.2) is 24.3 Å². The average Bonchev–Trinajstić information content (AvgIpc) is 2.45. The minimum Gasteiger partial charge on any atom is -0.468 e. The van der Waals surface area contributed by atoms with E-state index in [9.17, 15) is 22.8 Å². The number of rotatable bonds is 4. The Labute approximate surface area is 120 Å². The molecule has 0 saturated heterocycles. The smallest absolute Gasteiger partial charge is 0.468 e. The van der Waals surface area contributed by atoms with Gasteiger partial charge in [0, 0.05) is 5.56 Å². The van der Waals surface area contributed by atoms with Gasteiger partial charge in [0.25, 0.3) is 5.91 Å². The summed E-state index contributed by atoms with van der Waals surface area (Å²) < 4.78 is 43.6. The molecule has 0 aromatic heterocycles. The van der Waals surface area contributed by atoms with Crippen LogP contribution in [0.25, 0.3) is 0 Å². The van der Waals surface area contributed by atoms with E-state index in [2.05, 4.69) is 14.8 Å². The van der Waals surface area contributed by atoms with E-state index in [1.807, 2.05) is 13.8 Å². The van der Waals surface area contributed by atoms with Crippen LogP contribution in [0.1, 0.15) is 24.2 Å². The number of carbonyl (C=O) groups excluding carboxylic acids is 2. The van der Waals surface area contributed by atoms with Gasteiger partial charge in [-0.2, -0.15) is 0 Å². The highest BCUT2D eigenvalue weighted by Gasteiger charge is 2.31. The number of hydrogen-bond donors (Lipinski definition) is 1. The summed E-state index contributed by atoms with van der Waals surface area (Å²) in [5, 5.41) is 2.24. The predicted molar refractivity (Wildman–Crippen MR) is 68.8 cm³/mol. The van der Waals surface area contributed by atoms with Crippen molar-refractivity contribution in [2.75, 3.05) is 13.7 Å². The van der Waals surface area contributed by atoms with E-state index >= 15 is 0 Å². The van der Waals surface area contributed by atoms with E-state index < -0.39 is 24.0 Å². The summed E-state index contributed by atoms with van der Waals surface area (Å²) >= 11 is 0. The van der Waals surface area contributed by atoms with Gasteiger partial charge < -0.3 is 14.8 Å². The summed E-state index contributed by atoms with van der Waals surface area (Å²) in [6, 6.07) is 4.29. The number of ether oxygens (including phenoxy) is 2. The van der Waals surface area contributed by atoms with Crippen molar-refractivity contribution in [1.82, 2.24) is 5.32 Å². The second-order valence-electron chi connectivity index (χ2n) is 3.33. The highest BCUT2D eigenvalue weighted by atomic mass is 19.4. The van der Waals surface area contributed by atoms with Crippen molar-refractivity contribution in [3.05, 3.63) is 29.8 Å². The van der Waals surface area contributed by atoms with Crippen LogP contribution in [0.4, 0.5) is 13.2 Å². The Morgan fingerprint density at radius 3 is 2.10 bits per heavy atom. The maximum absolute atomic E-state index is 11.9. The third-order valence-corrected chi connectivity index (χ3v) is 1.97. The zero-order valence-corrected chi connectivity index (χ0v) is 11.8. The van der Waals surface area contributed by atoms with Crippen LogP contribution in [0.3, 0.4) is 0 Å². The van der Waals surface area contributed by atoms with E-state index in [0.717, 1.165) is 31.4 Å². The summed E-state index contributed by atoms with van der Waals surface area (Å²) in [5.74, 6) is -1.67. The highest BCUT2D eigenvalue weighted by Crippen LogP contribution is 2.22. The van der Waals surface area contributed by atoms with Gasteiger partial charge in [0.1, 0.15) is 12.3 Å². The summed E-state index contributed by atoms with van der Waals surface area (Å²) in [6.45, 7) is 3.68. The molecule has 0 fully saturated rings. The molecule has 0 atom stereocenters. The van der Waals surface area contributed by atoms with Gasteiger partial charge in [-0.1, -0.05) is 13.8 Å². The zero-order valence-electron chi connectivity index (χ0n) is 11.8. The Bertz CT molecular complexity index is 457. The predicted octanol–water partition coefficient (Wildman–Crippen LogP) is 2.51. The molecule has 5 nitrogen and oxygen atoms in total. The Morgan fingerprint density at radius 1 is 1.14 bits per heavy atom. The van der Waals surface area contributed by atoms with Crippen LogP contribution in [-0.4, -0.2) is 31.9 Å². The van der Waals surface area contributed by atoms with Gasteiger partial charge in [0.2, 0.25) is 0 Å². The van der Waals surface area contributed by atoms with Crippen molar-refractivity contribution < 1.29 is 32.2 Å². The Kier molecular flexibility index (Phi) is 7.88. The largest absolute Gasteiger partial charge is 0.573 e. The summed E-state index contributed by atoms with van der Waals surface area (Å²) in [7, 11) is 1.16. The Hall–Kier alpha value is -2.25. The molecule has 0 heterocycles. The van der Waals surface area contributed by atoms with Gasteiger partial charge in [0.15, 0.2) is 0 Å². The SMILES string of the molecule is CC.COC(=O)CNC(=O)c1ccc(OC(F)(F)F)cc1. The lowest BCUT2D eigenvalue weighted by atomic mass is 10.2. The minimum atomic E-state index is -4.78. The van der Waals surface area contributed by atoms with E-state index in [4.69, 9.17) is 0 Å². The molecule has 0 aliphatic heterocycles. The highest BCUT2D eigenvalue weighted by molar-refractivity contribution is 5.95. The third kappa shape index (κ3) is 7.81. The van der Waals surface area contributed by atoms with Crippen molar-refractivity contribution in [2.24, 2.45) is 0 Å². The Morgan fingerprint density at radius 2 is 1.67 bits per heavy atom. The number of nitrogens with one attached hydrogen (secondary N) is 1. The summed E-state index contributed by atoms with van der Waals surface area (Å²) in [6.07, 6.45) is -4.78. The fourth-order valence-electron chi connectivity index (χ4n) is 1.13. The molecule has 0 aliphatic carbocycles. The molecule has 0 spiro atoms. The van der Waals surface area contributed by atoms with Gasteiger partial charge >= 0.3 is 12.3 Å². The van der Waals surface area contributed by atoms with Crippen LogP contribution < -0.4 is 10.1 Å². The normalized spacial score (nSPS) is 10.0. The molecule has 118 valence electrons. The van der Waals surface area contributed by atoms with Gasteiger partial charge in [-0.25, -0.2) is 0 Å². The second kappa shape index (κ2) is 8.83. The fraction of sp³-hybridized carbons (Fsp3) is 0.385. The number of alkyl halides is 3. The first-order valence-corrected chi connectivity index (χ1v) is 6.02. The zero-order chi connectivity index (χ0) is 16.5. The lowest BCUT2D eigenvalue weighted by Crippen LogP contribution is -2.30. The number of benzene rings is 1. The van der Waals surface area contributed by atoms with Gasteiger partial charge in [0.05, 0.1) is 7.11 Å². The number of esters is 1.